The van der Waals surface area contributed by atoms with Crippen molar-refractivity contribution < 1.29 is 9.59 Å². The monoisotopic (exact) mass is 378 g/mol. The predicted molar refractivity (Wildman–Crippen MR) is 105 cm³/mol. The first kappa shape index (κ1) is 20.3. The summed E-state index contributed by atoms with van der Waals surface area (Å²) in [6.07, 6.45) is 3.87. The molecule has 3 rings (SSSR count). The average Bonchev–Trinajstić information content (AvgIpc) is 3.03. The fourth-order valence-electron chi connectivity index (χ4n) is 3.57. The number of nitrogens with one attached hydrogen (secondary N) is 1. The Balaban J connectivity index is 0.00000243. The van der Waals surface area contributed by atoms with Crippen LogP contribution >= 0.6 is 12.4 Å². The van der Waals surface area contributed by atoms with Gasteiger partial charge in [-0.05, 0) is 30.9 Å². The topological polar surface area (TPSA) is 82.4 Å². The fourth-order valence-corrected chi connectivity index (χ4v) is 3.57. The number of benzene rings is 1. The van der Waals surface area contributed by atoms with Crippen LogP contribution in [-0.2, 0) is 16.0 Å². The maximum Gasteiger partial charge on any atom is 0.239 e. The van der Waals surface area contributed by atoms with Crippen LogP contribution in [0.1, 0.15) is 18.4 Å². The molecule has 1 saturated heterocycles. The van der Waals surface area contributed by atoms with Crippen LogP contribution in [0.4, 0.5) is 0 Å². The summed E-state index contributed by atoms with van der Waals surface area (Å²) >= 11 is 0. The summed E-state index contributed by atoms with van der Waals surface area (Å²) in [5.41, 5.74) is 8.31. The molecule has 1 aliphatic heterocycles. The molecule has 1 aliphatic rings. The molecule has 3 N–H and O–H groups in total. The van der Waals surface area contributed by atoms with Gasteiger partial charge in [0.1, 0.15) is 0 Å². The molecule has 1 fully saturated rings. The summed E-state index contributed by atoms with van der Waals surface area (Å²) in [6.45, 7) is 1.20. The number of piperidine rings is 1. The van der Waals surface area contributed by atoms with Gasteiger partial charge in [0.15, 0.2) is 0 Å². The Morgan fingerprint density at radius 2 is 1.92 bits per heavy atom. The number of H-pyrrole nitrogens is 1. The molecule has 0 aliphatic carbocycles. The van der Waals surface area contributed by atoms with Gasteiger partial charge in [-0.25, -0.2) is 0 Å². The molecule has 142 valence electrons. The summed E-state index contributed by atoms with van der Waals surface area (Å²) < 4.78 is 0. The zero-order valence-corrected chi connectivity index (χ0v) is 16.1. The summed E-state index contributed by atoms with van der Waals surface area (Å²) in [6, 6.07) is 7.46. The van der Waals surface area contributed by atoms with E-state index in [1.807, 2.05) is 30.5 Å². The maximum absolute atomic E-state index is 12.7. The number of nitrogens with zero attached hydrogens (tertiary/aromatic N) is 2. The molecule has 2 heterocycles. The van der Waals surface area contributed by atoms with Crippen LogP contribution < -0.4 is 5.73 Å². The Kier molecular flexibility index (Phi) is 6.67. The second-order valence-corrected chi connectivity index (χ2v) is 7.00. The molecular formula is C19H27ClN4O2. The molecule has 1 atom stereocenters. The lowest BCUT2D eigenvalue weighted by atomic mass is 9.94. The lowest BCUT2D eigenvalue weighted by Crippen LogP contribution is -2.49. The van der Waals surface area contributed by atoms with Crippen molar-refractivity contribution in [1.29, 1.82) is 0 Å². The quantitative estimate of drug-likeness (QED) is 0.850. The van der Waals surface area contributed by atoms with Gasteiger partial charge in [-0.15, -0.1) is 12.4 Å². The molecule has 0 bridgehead atoms. The number of nitrogens with two attached hydrogens (primary N) is 1. The van der Waals surface area contributed by atoms with Crippen LogP contribution in [0, 0.1) is 5.92 Å². The summed E-state index contributed by atoms with van der Waals surface area (Å²) in [5.74, 6) is 0.139. The first-order valence-electron chi connectivity index (χ1n) is 8.78. The van der Waals surface area contributed by atoms with Crippen molar-refractivity contribution in [1.82, 2.24) is 14.8 Å². The third-order valence-electron chi connectivity index (χ3n) is 5.03. The van der Waals surface area contributed by atoms with E-state index < -0.39 is 6.04 Å². The van der Waals surface area contributed by atoms with Crippen LogP contribution in [0.3, 0.4) is 0 Å². The van der Waals surface area contributed by atoms with Gasteiger partial charge in [-0.1, -0.05) is 18.2 Å². The molecule has 0 saturated carbocycles. The van der Waals surface area contributed by atoms with Crippen molar-refractivity contribution in [3.8, 4) is 0 Å². The number of amides is 2. The summed E-state index contributed by atoms with van der Waals surface area (Å²) in [5, 5.41) is 1.11. The van der Waals surface area contributed by atoms with Crippen LogP contribution in [0.2, 0.25) is 0 Å². The van der Waals surface area contributed by atoms with Gasteiger partial charge in [-0.3, -0.25) is 9.59 Å². The minimum Gasteiger partial charge on any atom is -0.361 e. The van der Waals surface area contributed by atoms with E-state index in [1.54, 1.807) is 23.9 Å². The summed E-state index contributed by atoms with van der Waals surface area (Å²) in [4.78, 5) is 31.4. The van der Waals surface area contributed by atoms with Crippen LogP contribution in [0.25, 0.3) is 10.9 Å². The number of rotatable bonds is 4. The standard InChI is InChI=1S/C19H26N4O2.ClH/c1-22(2)18(24)13-7-9-23(10-8-13)19(25)16(20)11-14-12-21-17-6-4-3-5-15(14)17;/h3-6,12-13,16,21H,7-11,20H2,1-2H3;1H/t16-;/m0./s1. The highest BCUT2D eigenvalue weighted by Crippen LogP contribution is 2.22. The zero-order chi connectivity index (χ0) is 18.0. The number of aromatic nitrogens is 1. The van der Waals surface area contributed by atoms with Crippen molar-refractivity contribution in [2.24, 2.45) is 11.7 Å². The van der Waals surface area contributed by atoms with E-state index in [1.165, 1.54) is 0 Å². The van der Waals surface area contributed by atoms with Gasteiger partial charge in [0.2, 0.25) is 11.8 Å². The van der Waals surface area contributed by atoms with Gasteiger partial charge in [0.05, 0.1) is 6.04 Å². The van der Waals surface area contributed by atoms with Crippen LogP contribution in [0.15, 0.2) is 30.5 Å². The van der Waals surface area contributed by atoms with Gasteiger partial charge >= 0.3 is 0 Å². The smallest absolute Gasteiger partial charge is 0.239 e. The normalized spacial score (nSPS) is 16.2. The Morgan fingerprint density at radius 1 is 1.27 bits per heavy atom. The van der Waals surface area contributed by atoms with Crippen LogP contribution in [0.5, 0.6) is 0 Å². The lowest BCUT2D eigenvalue weighted by Gasteiger charge is -2.33. The summed E-state index contributed by atoms with van der Waals surface area (Å²) in [7, 11) is 3.55. The van der Waals surface area contributed by atoms with E-state index in [0.717, 1.165) is 16.5 Å². The van der Waals surface area contributed by atoms with E-state index in [2.05, 4.69) is 4.98 Å². The number of hydrogen-bond acceptors (Lipinski definition) is 3. The molecule has 2 amide bonds. The molecule has 2 aromatic rings. The van der Waals surface area contributed by atoms with E-state index in [-0.39, 0.29) is 30.1 Å². The third kappa shape index (κ3) is 4.19. The first-order valence-corrected chi connectivity index (χ1v) is 8.78. The lowest BCUT2D eigenvalue weighted by molar-refractivity contribution is -0.139. The minimum atomic E-state index is -0.555. The molecule has 1 aromatic heterocycles. The Morgan fingerprint density at radius 3 is 2.58 bits per heavy atom. The van der Waals surface area contributed by atoms with E-state index >= 15 is 0 Å². The highest BCUT2D eigenvalue weighted by atomic mass is 35.5. The van der Waals surface area contributed by atoms with Crippen molar-refractivity contribution in [2.45, 2.75) is 25.3 Å². The van der Waals surface area contributed by atoms with E-state index in [4.69, 9.17) is 5.73 Å². The molecule has 7 heteroatoms. The number of para-hydroxylation sites is 1. The first-order chi connectivity index (χ1) is 12.0. The fraction of sp³-hybridized carbons (Fsp3) is 0.474. The number of halogens is 1. The number of aromatic amines is 1. The number of carbonyl (C=O) groups excluding carboxylic acids is 2. The van der Waals surface area contributed by atoms with Crippen molar-refractivity contribution in [3.05, 3.63) is 36.0 Å². The zero-order valence-electron chi connectivity index (χ0n) is 15.3. The molecule has 0 spiro atoms. The predicted octanol–water partition coefficient (Wildman–Crippen LogP) is 1.79. The van der Waals surface area contributed by atoms with E-state index in [9.17, 15) is 9.59 Å². The van der Waals surface area contributed by atoms with Crippen molar-refractivity contribution in [3.63, 3.8) is 0 Å². The maximum atomic E-state index is 12.7. The number of likely N-dealkylation sites (tertiary alicyclic amines) is 1. The molecule has 6 nitrogen and oxygen atoms in total. The average molecular weight is 379 g/mol. The highest BCUT2D eigenvalue weighted by Gasteiger charge is 2.30. The van der Waals surface area contributed by atoms with Gasteiger partial charge in [0, 0.05) is 50.2 Å². The minimum absolute atomic E-state index is 0. The molecule has 0 unspecified atom stereocenters. The van der Waals surface area contributed by atoms with Gasteiger partial charge in [-0.2, -0.15) is 0 Å². The molecule has 0 radical (unpaired) electrons. The highest BCUT2D eigenvalue weighted by molar-refractivity contribution is 5.86. The number of fused-ring (bicyclic) bond motifs is 1. The molecule has 26 heavy (non-hydrogen) atoms. The Labute approximate surface area is 160 Å². The van der Waals surface area contributed by atoms with E-state index in [0.29, 0.717) is 32.4 Å². The molecular weight excluding hydrogens is 352 g/mol. The Hall–Kier alpha value is -2.05. The van der Waals surface area contributed by atoms with Crippen molar-refractivity contribution in [2.75, 3.05) is 27.2 Å². The second-order valence-electron chi connectivity index (χ2n) is 7.00. The SMILES string of the molecule is CN(C)C(=O)C1CCN(C(=O)[C@@H](N)Cc2c[nH]c3ccccc23)CC1.Cl. The van der Waals surface area contributed by atoms with Gasteiger partial charge in [0.25, 0.3) is 0 Å². The third-order valence-corrected chi connectivity index (χ3v) is 5.03. The molecule has 1 aromatic carbocycles. The van der Waals surface area contributed by atoms with Crippen molar-refractivity contribution >= 4 is 35.1 Å². The largest absolute Gasteiger partial charge is 0.361 e. The van der Waals surface area contributed by atoms with Crippen LogP contribution in [-0.4, -0.2) is 59.8 Å². The second kappa shape index (κ2) is 8.56. The number of carbonyl (C=O) groups is 2. The Bertz CT molecular complexity index is 766. The number of hydrogen-bond donors (Lipinski definition) is 2. The van der Waals surface area contributed by atoms with Gasteiger partial charge < -0.3 is 20.5 Å².